The van der Waals surface area contributed by atoms with E-state index in [-0.39, 0.29) is 6.61 Å². The fraction of sp³-hybridized carbons (Fsp3) is 0.643. The SMILES string of the molecule is O=C(CCN1CCCC(CO)C1)Cc1cccs1. The third-order valence-electron chi connectivity index (χ3n) is 3.52. The van der Waals surface area contributed by atoms with Crippen LogP contribution >= 0.6 is 11.3 Å². The molecule has 4 heteroatoms. The van der Waals surface area contributed by atoms with E-state index < -0.39 is 0 Å². The first-order chi connectivity index (χ1) is 8.78. The van der Waals surface area contributed by atoms with Gasteiger partial charge in [-0.25, -0.2) is 0 Å². The number of piperidine rings is 1. The fourth-order valence-electron chi connectivity index (χ4n) is 2.48. The second-order valence-electron chi connectivity index (χ2n) is 5.04. The zero-order valence-electron chi connectivity index (χ0n) is 10.7. The van der Waals surface area contributed by atoms with Crippen LogP contribution in [0.25, 0.3) is 0 Å². The third-order valence-corrected chi connectivity index (χ3v) is 4.40. The van der Waals surface area contributed by atoms with Gasteiger partial charge in [0.05, 0.1) is 0 Å². The predicted octanol–water partition coefficient (Wildman–Crippen LogP) is 1.95. The van der Waals surface area contributed by atoms with E-state index >= 15 is 0 Å². The van der Waals surface area contributed by atoms with Crippen LogP contribution in [0.1, 0.15) is 24.1 Å². The molecule has 0 radical (unpaired) electrons. The van der Waals surface area contributed by atoms with E-state index in [0.29, 0.717) is 24.5 Å². The van der Waals surface area contributed by atoms with Crippen LogP contribution in [0.5, 0.6) is 0 Å². The van der Waals surface area contributed by atoms with E-state index in [1.165, 1.54) is 0 Å². The predicted molar refractivity (Wildman–Crippen MR) is 73.9 cm³/mol. The Balaban J connectivity index is 1.69. The van der Waals surface area contributed by atoms with Crippen molar-refractivity contribution in [2.75, 3.05) is 26.2 Å². The van der Waals surface area contributed by atoms with Crippen molar-refractivity contribution >= 4 is 17.1 Å². The highest BCUT2D eigenvalue weighted by Gasteiger charge is 2.19. The minimum atomic E-state index is 0.277. The van der Waals surface area contributed by atoms with E-state index in [9.17, 15) is 4.79 Å². The molecule has 1 aliphatic heterocycles. The van der Waals surface area contributed by atoms with Crippen LogP contribution in [0.3, 0.4) is 0 Å². The number of aliphatic hydroxyl groups is 1. The van der Waals surface area contributed by atoms with Gasteiger partial charge in [-0.2, -0.15) is 0 Å². The number of rotatable bonds is 6. The lowest BCUT2D eigenvalue weighted by molar-refractivity contribution is -0.118. The molecular formula is C14H21NO2S. The van der Waals surface area contributed by atoms with Crippen LogP contribution < -0.4 is 0 Å². The van der Waals surface area contributed by atoms with Gasteiger partial charge in [0, 0.05) is 37.4 Å². The standard InChI is InChI=1S/C14H21NO2S/c16-11-12-3-1-6-15(10-12)7-5-13(17)9-14-4-2-8-18-14/h2,4,8,12,16H,1,3,5-7,9-11H2. The molecule has 2 heterocycles. The number of carbonyl (C=O) groups is 1. The summed E-state index contributed by atoms with van der Waals surface area (Å²) >= 11 is 1.65. The summed E-state index contributed by atoms with van der Waals surface area (Å²) in [5, 5.41) is 11.2. The van der Waals surface area contributed by atoms with Gasteiger partial charge >= 0.3 is 0 Å². The van der Waals surface area contributed by atoms with E-state index in [2.05, 4.69) is 4.90 Å². The molecule has 1 aliphatic rings. The summed E-state index contributed by atoms with van der Waals surface area (Å²) in [5.74, 6) is 0.731. The summed E-state index contributed by atoms with van der Waals surface area (Å²) in [4.78, 5) is 15.3. The summed E-state index contributed by atoms with van der Waals surface area (Å²) in [7, 11) is 0. The Morgan fingerprint density at radius 3 is 3.17 bits per heavy atom. The molecule has 1 unspecified atom stereocenters. The van der Waals surface area contributed by atoms with Crippen molar-refractivity contribution in [3.05, 3.63) is 22.4 Å². The second-order valence-corrected chi connectivity index (χ2v) is 6.07. The van der Waals surface area contributed by atoms with E-state index in [4.69, 9.17) is 5.11 Å². The van der Waals surface area contributed by atoms with Crippen LogP contribution in [0.4, 0.5) is 0 Å². The molecule has 0 aliphatic carbocycles. The number of aliphatic hydroxyl groups excluding tert-OH is 1. The molecule has 100 valence electrons. The fourth-order valence-corrected chi connectivity index (χ4v) is 3.22. The average Bonchev–Trinajstić information content (AvgIpc) is 2.89. The lowest BCUT2D eigenvalue weighted by Gasteiger charge is -2.31. The van der Waals surface area contributed by atoms with Gasteiger partial charge in [0.1, 0.15) is 5.78 Å². The topological polar surface area (TPSA) is 40.5 Å². The number of carbonyl (C=O) groups excluding carboxylic acids is 1. The largest absolute Gasteiger partial charge is 0.396 e. The minimum Gasteiger partial charge on any atom is -0.396 e. The molecule has 1 saturated heterocycles. The highest BCUT2D eigenvalue weighted by molar-refractivity contribution is 7.10. The maximum absolute atomic E-state index is 11.8. The maximum atomic E-state index is 11.8. The zero-order valence-corrected chi connectivity index (χ0v) is 11.5. The van der Waals surface area contributed by atoms with Gasteiger partial charge in [-0.1, -0.05) is 6.07 Å². The Bertz CT molecular complexity index is 364. The smallest absolute Gasteiger partial charge is 0.139 e. The van der Waals surface area contributed by atoms with E-state index in [1.807, 2.05) is 17.5 Å². The summed E-state index contributed by atoms with van der Waals surface area (Å²) in [6.45, 7) is 3.14. The number of likely N-dealkylation sites (tertiary alicyclic amines) is 1. The van der Waals surface area contributed by atoms with Crippen LogP contribution in [-0.4, -0.2) is 42.0 Å². The minimum absolute atomic E-state index is 0.277. The van der Waals surface area contributed by atoms with Crippen molar-refractivity contribution in [3.63, 3.8) is 0 Å². The molecule has 0 spiro atoms. The summed E-state index contributed by atoms with van der Waals surface area (Å²) in [5.41, 5.74) is 0. The van der Waals surface area contributed by atoms with Crippen LogP contribution in [0, 0.1) is 5.92 Å². The summed E-state index contributed by atoms with van der Waals surface area (Å²) in [6, 6.07) is 4.01. The molecular weight excluding hydrogens is 246 g/mol. The normalized spacial score (nSPS) is 21.1. The number of Topliss-reactive ketones (excluding diaryl/α,β-unsaturated/α-hetero) is 1. The first-order valence-electron chi connectivity index (χ1n) is 6.65. The molecule has 1 aromatic heterocycles. The number of hydrogen-bond donors (Lipinski definition) is 1. The van der Waals surface area contributed by atoms with Gasteiger partial charge in [0.25, 0.3) is 0 Å². The molecule has 2 rings (SSSR count). The number of hydrogen-bond acceptors (Lipinski definition) is 4. The molecule has 0 bridgehead atoms. The Morgan fingerprint density at radius 1 is 1.56 bits per heavy atom. The molecule has 1 aromatic rings. The highest BCUT2D eigenvalue weighted by Crippen LogP contribution is 2.16. The average molecular weight is 267 g/mol. The monoisotopic (exact) mass is 267 g/mol. The van der Waals surface area contributed by atoms with Gasteiger partial charge < -0.3 is 10.0 Å². The number of ketones is 1. The molecule has 0 amide bonds. The first kappa shape index (κ1) is 13.7. The quantitative estimate of drug-likeness (QED) is 0.856. The van der Waals surface area contributed by atoms with Gasteiger partial charge in [0.15, 0.2) is 0 Å². The zero-order chi connectivity index (χ0) is 12.8. The summed E-state index contributed by atoms with van der Waals surface area (Å²) < 4.78 is 0. The van der Waals surface area contributed by atoms with Gasteiger partial charge in [-0.15, -0.1) is 11.3 Å². The van der Waals surface area contributed by atoms with Crippen molar-refractivity contribution in [1.29, 1.82) is 0 Å². The van der Waals surface area contributed by atoms with Crippen molar-refractivity contribution in [2.45, 2.75) is 25.7 Å². The second kappa shape index (κ2) is 7.02. The molecule has 18 heavy (non-hydrogen) atoms. The van der Waals surface area contributed by atoms with Crippen LogP contribution in [-0.2, 0) is 11.2 Å². The molecule has 3 nitrogen and oxygen atoms in total. The summed E-state index contributed by atoms with van der Waals surface area (Å²) in [6.07, 6.45) is 3.48. The molecule has 1 N–H and O–H groups in total. The Morgan fingerprint density at radius 2 is 2.44 bits per heavy atom. The number of nitrogens with zero attached hydrogens (tertiary/aromatic N) is 1. The first-order valence-corrected chi connectivity index (χ1v) is 7.53. The van der Waals surface area contributed by atoms with Gasteiger partial charge in [0.2, 0.25) is 0 Å². The maximum Gasteiger partial charge on any atom is 0.139 e. The van der Waals surface area contributed by atoms with E-state index in [1.54, 1.807) is 11.3 Å². The Kier molecular flexibility index (Phi) is 5.35. The van der Waals surface area contributed by atoms with E-state index in [0.717, 1.165) is 37.4 Å². The lowest BCUT2D eigenvalue weighted by Crippen LogP contribution is -2.38. The van der Waals surface area contributed by atoms with Crippen molar-refractivity contribution in [1.82, 2.24) is 4.90 Å². The Hall–Kier alpha value is -0.710. The lowest BCUT2D eigenvalue weighted by atomic mass is 9.99. The van der Waals surface area contributed by atoms with Gasteiger partial charge in [-0.05, 0) is 36.8 Å². The molecule has 1 fully saturated rings. The van der Waals surface area contributed by atoms with Crippen molar-refractivity contribution in [2.24, 2.45) is 5.92 Å². The third kappa shape index (κ3) is 4.19. The Labute approximate surface area is 112 Å². The highest BCUT2D eigenvalue weighted by atomic mass is 32.1. The van der Waals surface area contributed by atoms with Crippen molar-refractivity contribution in [3.8, 4) is 0 Å². The molecule has 1 atom stereocenters. The molecule has 0 aromatic carbocycles. The van der Waals surface area contributed by atoms with Crippen molar-refractivity contribution < 1.29 is 9.90 Å². The van der Waals surface area contributed by atoms with Gasteiger partial charge in [-0.3, -0.25) is 4.79 Å². The molecule has 0 saturated carbocycles. The van der Waals surface area contributed by atoms with Crippen LogP contribution in [0.15, 0.2) is 17.5 Å². The number of thiophene rings is 1. The van der Waals surface area contributed by atoms with Crippen LogP contribution in [0.2, 0.25) is 0 Å².